The second-order valence-electron chi connectivity index (χ2n) is 4.90. The molecule has 18 heavy (non-hydrogen) atoms. The second kappa shape index (κ2) is 5.55. The van der Waals surface area contributed by atoms with Crippen molar-refractivity contribution in [2.45, 2.75) is 43.8 Å². The van der Waals surface area contributed by atoms with Gasteiger partial charge in [0.1, 0.15) is 11.9 Å². The maximum Gasteiger partial charge on any atom is 0.130 e. The van der Waals surface area contributed by atoms with Gasteiger partial charge in [0, 0.05) is 17.7 Å². The van der Waals surface area contributed by atoms with Crippen molar-refractivity contribution in [3.05, 3.63) is 34.6 Å². The SMILES string of the molecule is COC1(C(O)c2ccc(Cl)cc2F)CCCCC1. The molecular formula is C14H18ClFO2. The van der Waals surface area contributed by atoms with Gasteiger partial charge < -0.3 is 9.84 Å². The Morgan fingerprint density at radius 2 is 2.00 bits per heavy atom. The van der Waals surface area contributed by atoms with Crippen molar-refractivity contribution in [3.63, 3.8) is 0 Å². The maximum atomic E-state index is 13.9. The van der Waals surface area contributed by atoms with Crippen LogP contribution in [0.2, 0.25) is 5.02 Å². The lowest BCUT2D eigenvalue weighted by Gasteiger charge is -2.40. The normalized spacial score (nSPS) is 20.7. The number of hydrogen-bond acceptors (Lipinski definition) is 2. The lowest BCUT2D eigenvalue weighted by molar-refractivity contribution is -0.126. The van der Waals surface area contributed by atoms with Gasteiger partial charge in [0.2, 0.25) is 0 Å². The molecule has 0 spiro atoms. The quantitative estimate of drug-likeness (QED) is 0.905. The summed E-state index contributed by atoms with van der Waals surface area (Å²) in [6, 6.07) is 4.36. The molecular weight excluding hydrogens is 255 g/mol. The predicted molar refractivity (Wildman–Crippen MR) is 69.2 cm³/mol. The molecule has 0 aromatic heterocycles. The van der Waals surface area contributed by atoms with Crippen LogP contribution in [-0.2, 0) is 4.74 Å². The van der Waals surface area contributed by atoms with E-state index >= 15 is 0 Å². The van der Waals surface area contributed by atoms with Crippen LogP contribution in [0.5, 0.6) is 0 Å². The van der Waals surface area contributed by atoms with Crippen LogP contribution in [0.15, 0.2) is 18.2 Å². The zero-order valence-electron chi connectivity index (χ0n) is 10.5. The molecule has 1 aliphatic carbocycles. The molecule has 1 fully saturated rings. The third-order valence-electron chi connectivity index (χ3n) is 3.86. The Balaban J connectivity index is 2.30. The zero-order chi connectivity index (χ0) is 13.2. The van der Waals surface area contributed by atoms with Crippen molar-refractivity contribution in [3.8, 4) is 0 Å². The smallest absolute Gasteiger partial charge is 0.130 e. The predicted octanol–water partition coefficient (Wildman–Crippen LogP) is 3.86. The highest BCUT2D eigenvalue weighted by Crippen LogP contribution is 2.41. The van der Waals surface area contributed by atoms with Gasteiger partial charge in [-0.2, -0.15) is 0 Å². The van der Waals surface area contributed by atoms with Crippen LogP contribution in [0, 0.1) is 5.82 Å². The lowest BCUT2D eigenvalue weighted by Crippen LogP contribution is -2.40. The van der Waals surface area contributed by atoms with Crippen LogP contribution in [0.3, 0.4) is 0 Å². The molecule has 1 unspecified atom stereocenters. The van der Waals surface area contributed by atoms with E-state index in [4.69, 9.17) is 16.3 Å². The zero-order valence-corrected chi connectivity index (χ0v) is 11.2. The van der Waals surface area contributed by atoms with Crippen molar-refractivity contribution < 1.29 is 14.2 Å². The summed E-state index contributed by atoms with van der Waals surface area (Å²) >= 11 is 5.72. The van der Waals surface area contributed by atoms with E-state index in [-0.39, 0.29) is 5.56 Å². The van der Waals surface area contributed by atoms with Crippen molar-refractivity contribution in [1.82, 2.24) is 0 Å². The van der Waals surface area contributed by atoms with E-state index in [0.717, 1.165) is 32.1 Å². The van der Waals surface area contributed by atoms with Crippen molar-refractivity contribution in [2.24, 2.45) is 0 Å². The van der Waals surface area contributed by atoms with Crippen molar-refractivity contribution >= 4 is 11.6 Å². The largest absolute Gasteiger partial charge is 0.385 e. The molecule has 1 aromatic rings. The fourth-order valence-corrected chi connectivity index (χ4v) is 2.90. The Kier molecular flexibility index (Phi) is 4.25. The summed E-state index contributed by atoms with van der Waals surface area (Å²) in [5.74, 6) is -0.475. The third-order valence-corrected chi connectivity index (χ3v) is 4.10. The van der Waals surface area contributed by atoms with Gasteiger partial charge in [0.25, 0.3) is 0 Å². The molecule has 1 saturated carbocycles. The molecule has 100 valence electrons. The molecule has 2 nitrogen and oxygen atoms in total. The molecule has 0 bridgehead atoms. The van der Waals surface area contributed by atoms with Crippen LogP contribution >= 0.6 is 11.6 Å². The van der Waals surface area contributed by atoms with Gasteiger partial charge in [-0.3, -0.25) is 0 Å². The number of rotatable bonds is 3. The van der Waals surface area contributed by atoms with Crippen molar-refractivity contribution in [2.75, 3.05) is 7.11 Å². The summed E-state index contributed by atoms with van der Waals surface area (Å²) in [7, 11) is 1.59. The van der Waals surface area contributed by atoms with Gasteiger partial charge in [-0.05, 0) is 25.0 Å². The molecule has 0 saturated heterocycles. The summed E-state index contributed by atoms with van der Waals surface area (Å²) < 4.78 is 19.4. The molecule has 2 rings (SSSR count). The Hall–Kier alpha value is -0.640. The maximum absolute atomic E-state index is 13.9. The average molecular weight is 273 g/mol. The van der Waals surface area contributed by atoms with E-state index in [0.29, 0.717) is 5.02 Å². The van der Waals surface area contributed by atoms with Crippen LogP contribution in [-0.4, -0.2) is 17.8 Å². The van der Waals surface area contributed by atoms with Gasteiger partial charge in [-0.1, -0.05) is 36.9 Å². The van der Waals surface area contributed by atoms with E-state index in [1.165, 1.54) is 12.1 Å². The summed E-state index contributed by atoms with van der Waals surface area (Å²) in [6.45, 7) is 0. The number of benzene rings is 1. The number of halogens is 2. The highest BCUT2D eigenvalue weighted by Gasteiger charge is 2.41. The average Bonchev–Trinajstić information content (AvgIpc) is 2.39. The lowest BCUT2D eigenvalue weighted by atomic mass is 9.78. The molecule has 1 aliphatic rings. The fraction of sp³-hybridized carbons (Fsp3) is 0.571. The van der Waals surface area contributed by atoms with Crippen LogP contribution in [0.25, 0.3) is 0 Å². The highest BCUT2D eigenvalue weighted by atomic mass is 35.5. The first-order valence-corrected chi connectivity index (χ1v) is 6.65. The minimum Gasteiger partial charge on any atom is -0.385 e. The number of methoxy groups -OCH3 is 1. The molecule has 0 aliphatic heterocycles. The summed E-state index contributed by atoms with van der Waals surface area (Å²) in [5.41, 5.74) is -0.393. The van der Waals surface area contributed by atoms with Gasteiger partial charge >= 0.3 is 0 Å². The molecule has 0 heterocycles. The molecule has 0 amide bonds. The van der Waals surface area contributed by atoms with E-state index in [1.807, 2.05) is 0 Å². The summed E-state index contributed by atoms with van der Waals surface area (Å²) in [5, 5.41) is 10.8. The van der Waals surface area contributed by atoms with Crippen LogP contribution in [0.1, 0.15) is 43.8 Å². The van der Waals surface area contributed by atoms with Gasteiger partial charge in [-0.25, -0.2) is 4.39 Å². The number of aliphatic hydroxyl groups excluding tert-OH is 1. The fourth-order valence-electron chi connectivity index (χ4n) is 2.75. The highest BCUT2D eigenvalue weighted by molar-refractivity contribution is 6.30. The van der Waals surface area contributed by atoms with Crippen LogP contribution < -0.4 is 0 Å². The molecule has 1 N–H and O–H groups in total. The first kappa shape index (κ1) is 13.8. The molecule has 4 heteroatoms. The first-order valence-electron chi connectivity index (χ1n) is 6.27. The minimum atomic E-state index is -0.944. The summed E-state index contributed by atoms with van der Waals surface area (Å²) in [6.07, 6.45) is 3.71. The minimum absolute atomic E-state index is 0.267. The van der Waals surface area contributed by atoms with E-state index in [2.05, 4.69) is 0 Å². The Labute approximate surface area is 112 Å². The Bertz CT molecular complexity index is 416. The standard InChI is InChI=1S/C14H18ClFO2/c1-18-14(7-3-2-4-8-14)13(17)11-6-5-10(15)9-12(11)16/h5-6,9,13,17H,2-4,7-8H2,1H3. The van der Waals surface area contributed by atoms with E-state index in [1.54, 1.807) is 13.2 Å². The van der Waals surface area contributed by atoms with E-state index in [9.17, 15) is 9.50 Å². The number of aliphatic hydroxyl groups is 1. The number of ether oxygens (including phenoxy) is 1. The Morgan fingerprint density at radius 1 is 1.33 bits per heavy atom. The topological polar surface area (TPSA) is 29.5 Å². The third kappa shape index (κ3) is 2.53. The molecule has 0 radical (unpaired) electrons. The van der Waals surface area contributed by atoms with E-state index < -0.39 is 17.5 Å². The van der Waals surface area contributed by atoms with Gasteiger partial charge in [0.05, 0.1) is 5.60 Å². The molecule has 1 aromatic carbocycles. The second-order valence-corrected chi connectivity index (χ2v) is 5.33. The monoisotopic (exact) mass is 272 g/mol. The van der Waals surface area contributed by atoms with Crippen molar-refractivity contribution in [1.29, 1.82) is 0 Å². The number of hydrogen-bond donors (Lipinski definition) is 1. The first-order chi connectivity index (χ1) is 8.59. The van der Waals surface area contributed by atoms with Gasteiger partial charge in [-0.15, -0.1) is 0 Å². The van der Waals surface area contributed by atoms with Crippen LogP contribution in [0.4, 0.5) is 4.39 Å². The molecule has 1 atom stereocenters. The van der Waals surface area contributed by atoms with Gasteiger partial charge in [0.15, 0.2) is 0 Å². The summed E-state index contributed by atoms with van der Waals surface area (Å²) in [4.78, 5) is 0. The Morgan fingerprint density at radius 3 is 2.56 bits per heavy atom.